The highest BCUT2D eigenvalue weighted by Gasteiger charge is 2.21. The molecular formula is C25H24FN5OS. The number of nitrogens with one attached hydrogen (secondary N) is 2. The van der Waals surface area contributed by atoms with Gasteiger partial charge in [-0.3, -0.25) is 10.1 Å². The normalized spacial score (nSPS) is 14.2. The van der Waals surface area contributed by atoms with Crippen molar-refractivity contribution in [1.82, 2.24) is 15.0 Å². The van der Waals surface area contributed by atoms with Gasteiger partial charge in [0.05, 0.1) is 5.69 Å². The van der Waals surface area contributed by atoms with Crippen molar-refractivity contribution in [2.24, 2.45) is 0 Å². The molecule has 1 aliphatic rings. The number of carbonyl (C=O) groups is 1. The fourth-order valence-corrected chi connectivity index (χ4v) is 4.62. The highest BCUT2D eigenvalue weighted by atomic mass is 32.1. The summed E-state index contributed by atoms with van der Waals surface area (Å²) in [4.78, 5) is 27.4. The second kappa shape index (κ2) is 9.54. The summed E-state index contributed by atoms with van der Waals surface area (Å²) in [6, 6.07) is 14.3. The summed E-state index contributed by atoms with van der Waals surface area (Å²) in [5.74, 6) is -0.120. The van der Waals surface area contributed by atoms with Crippen molar-refractivity contribution < 1.29 is 9.18 Å². The van der Waals surface area contributed by atoms with E-state index in [9.17, 15) is 9.18 Å². The summed E-state index contributed by atoms with van der Waals surface area (Å²) in [6.07, 6.45) is 6.65. The number of benzene rings is 2. The molecule has 168 valence electrons. The topological polar surface area (TPSA) is 73.9 Å². The first-order valence-corrected chi connectivity index (χ1v) is 12.0. The van der Waals surface area contributed by atoms with Crippen molar-refractivity contribution in [3.8, 4) is 22.6 Å². The molecule has 33 heavy (non-hydrogen) atoms. The molecule has 3 heterocycles. The Labute approximate surface area is 195 Å². The van der Waals surface area contributed by atoms with Crippen LogP contribution in [0.3, 0.4) is 0 Å². The number of carbonyl (C=O) groups excluding carboxylic acids is 1. The molecule has 1 aliphatic heterocycles. The van der Waals surface area contributed by atoms with E-state index in [2.05, 4.69) is 37.3 Å². The minimum Gasteiger partial charge on any atom is -0.372 e. The average molecular weight is 462 g/mol. The molecule has 0 bridgehead atoms. The molecule has 6 nitrogen and oxygen atoms in total. The van der Waals surface area contributed by atoms with E-state index in [4.69, 9.17) is 0 Å². The standard InChI is InChI=1S/C25H24FN5OS/c26-19-9-5-17(6-10-19)21-22(24(32)30-25-27-13-16-33-25)29-23(28-21)18-7-11-20(12-8-18)31-14-3-1-2-4-15-31/h5-13,16H,1-4,14-15H2,(H,28,29)(H,27,30,32). The fourth-order valence-electron chi connectivity index (χ4n) is 4.10. The van der Waals surface area contributed by atoms with Gasteiger partial charge in [-0.25, -0.2) is 14.4 Å². The molecule has 1 amide bonds. The zero-order chi connectivity index (χ0) is 22.6. The largest absolute Gasteiger partial charge is 0.372 e. The maximum Gasteiger partial charge on any atom is 0.278 e. The number of anilines is 2. The lowest BCUT2D eigenvalue weighted by molar-refractivity contribution is 0.102. The molecule has 8 heteroatoms. The summed E-state index contributed by atoms with van der Waals surface area (Å²) < 4.78 is 13.5. The van der Waals surface area contributed by atoms with Gasteiger partial charge in [0.25, 0.3) is 5.91 Å². The average Bonchev–Trinajstić information content (AvgIpc) is 3.43. The molecule has 0 aliphatic carbocycles. The van der Waals surface area contributed by atoms with Crippen LogP contribution < -0.4 is 10.2 Å². The summed E-state index contributed by atoms with van der Waals surface area (Å²) in [6.45, 7) is 2.16. The molecule has 4 aromatic rings. The Morgan fingerprint density at radius 3 is 2.33 bits per heavy atom. The van der Waals surface area contributed by atoms with E-state index in [1.165, 1.54) is 54.8 Å². The van der Waals surface area contributed by atoms with Gasteiger partial charge in [0.1, 0.15) is 11.6 Å². The third kappa shape index (κ3) is 4.80. The van der Waals surface area contributed by atoms with Gasteiger partial charge in [-0.05, 0) is 61.4 Å². The fraction of sp³-hybridized carbons (Fsp3) is 0.240. The van der Waals surface area contributed by atoms with Crippen molar-refractivity contribution >= 4 is 28.1 Å². The maximum atomic E-state index is 13.5. The van der Waals surface area contributed by atoms with Gasteiger partial charge in [-0.1, -0.05) is 12.8 Å². The van der Waals surface area contributed by atoms with Crippen LogP contribution >= 0.6 is 11.3 Å². The zero-order valence-electron chi connectivity index (χ0n) is 18.1. The molecule has 1 saturated heterocycles. The third-order valence-corrected chi connectivity index (χ3v) is 6.51. The van der Waals surface area contributed by atoms with Crippen LogP contribution in [0, 0.1) is 5.82 Å². The molecule has 0 atom stereocenters. The smallest absolute Gasteiger partial charge is 0.278 e. The SMILES string of the molecule is O=C(Nc1nccs1)c1nc(-c2ccc(N3CCCCCC3)cc2)[nH]c1-c1ccc(F)cc1. The molecule has 0 spiro atoms. The Hall–Kier alpha value is -3.52. The first kappa shape index (κ1) is 21.3. The van der Waals surface area contributed by atoms with Crippen molar-refractivity contribution in [1.29, 1.82) is 0 Å². The lowest BCUT2D eigenvalue weighted by Crippen LogP contribution is -2.23. The molecule has 0 radical (unpaired) electrons. The van der Waals surface area contributed by atoms with Crippen molar-refractivity contribution in [3.63, 3.8) is 0 Å². The number of thiazole rings is 1. The van der Waals surface area contributed by atoms with Crippen molar-refractivity contribution in [2.75, 3.05) is 23.3 Å². The van der Waals surface area contributed by atoms with Crippen molar-refractivity contribution in [2.45, 2.75) is 25.7 Å². The van der Waals surface area contributed by atoms with E-state index in [0.717, 1.165) is 18.7 Å². The van der Waals surface area contributed by atoms with E-state index in [1.807, 2.05) is 12.1 Å². The van der Waals surface area contributed by atoms with Crippen LogP contribution in [0.15, 0.2) is 60.1 Å². The van der Waals surface area contributed by atoms with Gasteiger partial charge in [-0.15, -0.1) is 11.3 Å². The van der Waals surface area contributed by atoms with E-state index in [1.54, 1.807) is 23.7 Å². The molecule has 2 N–H and O–H groups in total. The van der Waals surface area contributed by atoms with Crippen molar-refractivity contribution in [3.05, 3.63) is 71.6 Å². The predicted molar refractivity (Wildman–Crippen MR) is 130 cm³/mol. The van der Waals surface area contributed by atoms with Crippen LogP contribution in [0.25, 0.3) is 22.6 Å². The number of amides is 1. The van der Waals surface area contributed by atoms with E-state index < -0.39 is 0 Å². The second-order valence-electron chi connectivity index (χ2n) is 8.06. The summed E-state index contributed by atoms with van der Waals surface area (Å²) in [5, 5.41) is 5.07. The van der Waals surface area contributed by atoms with Gasteiger partial charge in [0.2, 0.25) is 0 Å². The zero-order valence-corrected chi connectivity index (χ0v) is 18.9. The Kier molecular flexibility index (Phi) is 6.17. The molecule has 2 aromatic carbocycles. The Morgan fingerprint density at radius 1 is 0.970 bits per heavy atom. The minimum atomic E-state index is -0.368. The number of hydrogen-bond donors (Lipinski definition) is 2. The second-order valence-corrected chi connectivity index (χ2v) is 8.95. The monoisotopic (exact) mass is 461 g/mol. The number of aromatic nitrogens is 3. The number of imidazole rings is 1. The van der Waals surface area contributed by atoms with Crippen LogP contribution in [0.5, 0.6) is 0 Å². The number of H-pyrrole nitrogens is 1. The number of hydrogen-bond acceptors (Lipinski definition) is 5. The number of rotatable bonds is 5. The Bertz CT molecular complexity index is 1210. The molecular weight excluding hydrogens is 437 g/mol. The predicted octanol–water partition coefficient (Wildman–Crippen LogP) is 5.97. The van der Waals surface area contributed by atoms with Crippen LogP contribution in [0.1, 0.15) is 36.2 Å². The number of nitrogens with zero attached hydrogens (tertiary/aromatic N) is 3. The van der Waals surface area contributed by atoms with Crippen LogP contribution in [-0.2, 0) is 0 Å². The highest BCUT2D eigenvalue weighted by Crippen LogP contribution is 2.29. The molecule has 5 rings (SSSR count). The quantitative estimate of drug-likeness (QED) is 0.384. The van der Waals surface area contributed by atoms with Gasteiger partial charge in [0.15, 0.2) is 10.8 Å². The lowest BCUT2D eigenvalue weighted by Gasteiger charge is -2.22. The van der Waals surface area contributed by atoms with E-state index >= 15 is 0 Å². The maximum absolute atomic E-state index is 13.5. The molecule has 1 fully saturated rings. The molecule has 2 aromatic heterocycles. The van der Waals surface area contributed by atoms with Gasteiger partial charge < -0.3 is 9.88 Å². The lowest BCUT2D eigenvalue weighted by atomic mass is 10.1. The minimum absolute atomic E-state index is 0.239. The Morgan fingerprint density at radius 2 is 1.67 bits per heavy atom. The van der Waals surface area contributed by atoms with Crippen LogP contribution in [0.4, 0.5) is 15.2 Å². The number of aromatic amines is 1. The highest BCUT2D eigenvalue weighted by molar-refractivity contribution is 7.13. The van der Waals surface area contributed by atoms with Gasteiger partial charge in [0, 0.05) is 41.5 Å². The van der Waals surface area contributed by atoms with E-state index in [-0.39, 0.29) is 17.4 Å². The van der Waals surface area contributed by atoms with Crippen LogP contribution in [-0.4, -0.2) is 33.9 Å². The number of halogens is 1. The van der Waals surface area contributed by atoms with Gasteiger partial charge in [-0.2, -0.15) is 0 Å². The van der Waals surface area contributed by atoms with Crippen LogP contribution in [0.2, 0.25) is 0 Å². The molecule has 0 saturated carbocycles. The summed E-state index contributed by atoms with van der Waals surface area (Å²) in [7, 11) is 0. The molecule has 0 unspecified atom stereocenters. The summed E-state index contributed by atoms with van der Waals surface area (Å²) in [5.41, 5.74) is 3.54. The summed E-state index contributed by atoms with van der Waals surface area (Å²) >= 11 is 1.33. The van der Waals surface area contributed by atoms with Gasteiger partial charge >= 0.3 is 0 Å². The third-order valence-electron chi connectivity index (χ3n) is 5.82. The Balaban J connectivity index is 1.47. The first-order chi connectivity index (χ1) is 16.2. The first-order valence-electron chi connectivity index (χ1n) is 11.1. The van der Waals surface area contributed by atoms with E-state index in [0.29, 0.717) is 22.2 Å².